The van der Waals surface area contributed by atoms with Crippen LogP contribution in [0.25, 0.3) is 0 Å². The number of hydrogen-bond acceptors (Lipinski definition) is 3. The molecule has 0 bridgehead atoms. The van der Waals surface area contributed by atoms with E-state index < -0.39 is 5.82 Å². The molecule has 0 radical (unpaired) electrons. The van der Waals surface area contributed by atoms with Crippen LogP contribution in [0.4, 0.5) is 10.1 Å². The Morgan fingerprint density at radius 2 is 2.17 bits per heavy atom. The normalized spacial score (nSPS) is 10.9. The van der Waals surface area contributed by atoms with E-state index in [9.17, 15) is 4.39 Å². The van der Waals surface area contributed by atoms with E-state index in [1.165, 1.54) is 6.07 Å². The van der Waals surface area contributed by atoms with Crippen molar-refractivity contribution in [3.8, 4) is 11.5 Å². The summed E-state index contributed by atoms with van der Waals surface area (Å²) in [6.45, 7) is 3.99. The molecule has 0 saturated carbocycles. The van der Waals surface area contributed by atoms with E-state index in [2.05, 4.69) is 5.10 Å². The number of anilines is 1. The maximum atomic E-state index is 13.3. The first-order valence-corrected chi connectivity index (χ1v) is 5.81. The van der Waals surface area contributed by atoms with Crippen LogP contribution in [0.2, 0.25) is 5.02 Å². The highest BCUT2D eigenvalue weighted by atomic mass is 35.5. The van der Waals surface area contributed by atoms with Gasteiger partial charge in [0.2, 0.25) is 0 Å². The molecule has 0 spiro atoms. The second-order valence-electron chi connectivity index (χ2n) is 4.16. The van der Waals surface area contributed by atoms with Crippen LogP contribution in [-0.2, 0) is 0 Å². The third kappa shape index (κ3) is 2.56. The fraction of sp³-hybridized carbons (Fsp3) is 0.250. The molecular formula is C12H13ClFN3O. The summed E-state index contributed by atoms with van der Waals surface area (Å²) in [5, 5.41) is 4.08. The van der Waals surface area contributed by atoms with Crippen LogP contribution in [0.3, 0.4) is 0 Å². The first kappa shape index (κ1) is 12.7. The third-order valence-corrected chi connectivity index (χ3v) is 2.68. The summed E-state index contributed by atoms with van der Waals surface area (Å²) in [4.78, 5) is 0. The van der Waals surface area contributed by atoms with Crippen molar-refractivity contribution in [2.24, 2.45) is 0 Å². The third-order valence-electron chi connectivity index (χ3n) is 2.39. The summed E-state index contributed by atoms with van der Waals surface area (Å²) >= 11 is 5.61. The molecular weight excluding hydrogens is 257 g/mol. The van der Waals surface area contributed by atoms with Gasteiger partial charge in [-0.3, -0.25) is 4.68 Å². The van der Waals surface area contributed by atoms with Gasteiger partial charge in [0.1, 0.15) is 5.82 Å². The van der Waals surface area contributed by atoms with Gasteiger partial charge in [0, 0.05) is 12.1 Å². The molecule has 6 heteroatoms. The zero-order valence-electron chi connectivity index (χ0n) is 10.0. The van der Waals surface area contributed by atoms with Crippen molar-refractivity contribution in [3.63, 3.8) is 0 Å². The fourth-order valence-electron chi connectivity index (χ4n) is 1.42. The SMILES string of the molecule is CC(C)n1cc(Oc2cc(F)c(Cl)cc2N)cn1. The summed E-state index contributed by atoms with van der Waals surface area (Å²) < 4.78 is 20.5. The molecule has 0 fully saturated rings. The second kappa shape index (κ2) is 4.86. The number of aromatic nitrogens is 2. The van der Waals surface area contributed by atoms with Crippen LogP contribution in [0, 0.1) is 5.82 Å². The van der Waals surface area contributed by atoms with Crippen molar-refractivity contribution >= 4 is 17.3 Å². The summed E-state index contributed by atoms with van der Waals surface area (Å²) in [6.07, 6.45) is 3.27. The smallest absolute Gasteiger partial charge is 0.165 e. The van der Waals surface area contributed by atoms with Gasteiger partial charge >= 0.3 is 0 Å². The van der Waals surface area contributed by atoms with E-state index in [0.717, 1.165) is 6.07 Å². The van der Waals surface area contributed by atoms with Gasteiger partial charge in [0.15, 0.2) is 11.5 Å². The van der Waals surface area contributed by atoms with Gasteiger partial charge in [-0.2, -0.15) is 5.10 Å². The molecule has 2 aromatic rings. The largest absolute Gasteiger partial charge is 0.452 e. The van der Waals surface area contributed by atoms with Gasteiger partial charge in [-0.1, -0.05) is 11.6 Å². The lowest BCUT2D eigenvalue weighted by molar-refractivity contribution is 0.474. The standard InChI is InChI=1S/C12H13ClFN3O/c1-7(2)17-6-8(5-16-17)18-12-4-10(14)9(13)3-11(12)15/h3-7H,15H2,1-2H3. The Bertz CT molecular complexity index is 568. The number of nitrogens with zero attached hydrogens (tertiary/aromatic N) is 2. The Balaban J connectivity index is 2.25. The molecule has 0 atom stereocenters. The van der Waals surface area contributed by atoms with Crippen molar-refractivity contribution in [1.82, 2.24) is 9.78 Å². The maximum Gasteiger partial charge on any atom is 0.165 e. The molecule has 4 nitrogen and oxygen atoms in total. The molecule has 1 aromatic heterocycles. The second-order valence-corrected chi connectivity index (χ2v) is 4.56. The number of hydrogen-bond donors (Lipinski definition) is 1. The first-order valence-electron chi connectivity index (χ1n) is 5.44. The Kier molecular flexibility index (Phi) is 3.43. The highest BCUT2D eigenvalue weighted by Gasteiger charge is 2.10. The van der Waals surface area contributed by atoms with Crippen LogP contribution in [0.5, 0.6) is 11.5 Å². The van der Waals surface area contributed by atoms with Gasteiger partial charge < -0.3 is 10.5 Å². The van der Waals surface area contributed by atoms with Gasteiger partial charge in [0.05, 0.1) is 23.1 Å². The molecule has 0 amide bonds. The zero-order chi connectivity index (χ0) is 13.3. The number of rotatable bonds is 3. The molecule has 0 unspecified atom stereocenters. The molecule has 1 heterocycles. The molecule has 0 aliphatic rings. The molecule has 0 aliphatic carbocycles. The maximum absolute atomic E-state index is 13.3. The molecule has 1 aromatic carbocycles. The predicted molar refractivity (Wildman–Crippen MR) is 68.5 cm³/mol. The first-order chi connectivity index (χ1) is 8.47. The number of ether oxygens (including phenoxy) is 1. The molecule has 2 N–H and O–H groups in total. The minimum atomic E-state index is -0.572. The number of halogens is 2. The van der Waals surface area contributed by atoms with E-state index in [1.54, 1.807) is 17.1 Å². The minimum absolute atomic E-state index is 0.0299. The summed E-state index contributed by atoms with van der Waals surface area (Å²) in [5.41, 5.74) is 5.98. The predicted octanol–water partition coefficient (Wildman–Crippen LogP) is 3.63. The van der Waals surface area contributed by atoms with E-state index in [-0.39, 0.29) is 22.5 Å². The average molecular weight is 270 g/mol. The van der Waals surface area contributed by atoms with Crippen molar-refractivity contribution in [2.45, 2.75) is 19.9 Å². The van der Waals surface area contributed by atoms with Crippen molar-refractivity contribution < 1.29 is 9.13 Å². The Morgan fingerprint density at radius 1 is 1.44 bits per heavy atom. The monoisotopic (exact) mass is 269 g/mol. The van der Waals surface area contributed by atoms with Gasteiger partial charge in [-0.05, 0) is 19.9 Å². The fourth-order valence-corrected chi connectivity index (χ4v) is 1.59. The lowest BCUT2D eigenvalue weighted by Gasteiger charge is -2.07. The lowest BCUT2D eigenvalue weighted by Crippen LogP contribution is -1.99. The van der Waals surface area contributed by atoms with Crippen molar-refractivity contribution in [3.05, 3.63) is 35.4 Å². The van der Waals surface area contributed by atoms with Crippen molar-refractivity contribution in [2.75, 3.05) is 5.73 Å². The van der Waals surface area contributed by atoms with E-state index in [4.69, 9.17) is 22.1 Å². The molecule has 0 aliphatic heterocycles. The van der Waals surface area contributed by atoms with Crippen LogP contribution >= 0.6 is 11.6 Å². The minimum Gasteiger partial charge on any atom is -0.452 e. The Morgan fingerprint density at radius 3 is 2.78 bits per heavy atom. The number of nitrogens with two attached hydrogens (primary N) is 1. The van der Waals surface area contributed by atoms with Crippen LogP contribution in [0.1, 0.15) is 19.9 Å². The Labute approximate surface area is 109 Å². The topological polar surface area (TPSA) is 53.1 Å². The zero-order valence-corrected chi connectivity index (χ0v) is 10.8. The summed E-state index contributed by atoms with van der Waals surface area (Å²) in [6, 6.07) is 2.70. The van der Waals surface area contributed by atoms with E-state index >= 15 is 0 Å². The molecule has 2 rings (SSSR count). The van der Waals surface area contributed by atoms with Gasteiger partial charge in [-0.15, -0.1) is 0 Å². The van der Waals surface area contributed by atoms with Gasteiger partial charge in [0.25, 0.3) is 0 Å². The highest BCUT2D eigenvalue weighted by molar-refractivity contribution is 6.31. The molecule has 96 valence electrons. The van der Waals surface area contributed by atoms with Crippen LogP contribution in [0.15, 0.2) is 24.5 Å². The van der Waals surface area contributed by atoms with Crippen LogP contribution < -0.4 is 10.5 Å². The molecule has 0 saturated heterocycles. The molecule has 18 heavy (non-hydrogen) atoms. The highest BCUT2D eigenvalue weighted by Crippen LogP contribution is 2.31. The van der Waals surface area contributed by atoms with E-state index in [1.807, 2.05) is 13.8 Å². The van der Waals surface area contributed by atoms with Gasteiger partial charge in [-0.25, -0.2) is 4.39 Å². The Hall–Kier alpha value is -1.75. The average Bonchev–Trinajstić information content (AvgIpc) is 2.74. The van der Waals surface area contributed by atoms with E-state index in [0.29, 0.717) is 5.75 Å². The number of benzene rings is 1. The summed E-state index contributed by atoms with van der Waals surface area (Å²) in [7, 11) is 0. The lowest BCUT2D eigenvalue weighted by atomic mass is 10.3. The quantitative estimate of drug-likeness (QED) is 0.866. The summed E-state index contributed by atoms with van der Waals surface area (Å²) in [5.74, 6) is 0.148. The van der Waals surface area contributed by atoms with Crippen molar-refractivity contribution in [1.29, 1.82) is 0 Å². The van der Waals surface area contributed by atoms with Crippen LogP contribution in [-0.4, -0.2) is 9.78 Å². The number of nitrogen functional groups attached to an aromatic ring is 1.